The highest BCUT2D eigenvalue weighted by Gasteiger charge is 2.19. The number of rotatable bonds is 3. The molecule has 6 heteroatoms. The predicted octanol–water partition coefficient (Wildman–Crippen LogP) is 2.68. The lowest BCUT2D eigenvalue weighted by molar-refractivity contribution is 0.281. The van der Waals surface area contributed by atoms with Crippen LogP contribution in [0.25, 0.3) is 22.3 Å². The van der Waals surface area contributed by atoms with Crippen LogP contribution in [0.1, 0.15) is 11.1 Å². The highest BCUT2D eigenvalue weighted by atomic mass is 16.5. The zero-order valence-electron chi connectivity index (χ0n) is 13.2. The van der Waals surface area contributed by atoms with E-state index >= 15 is 0 Å². The molecule has 0 fully saturated rings. The normalized spacial score (nSPS) is 11.0. The largest absolute Gasteiger partial charge is 0.507 e. The number of phenolic OH excluding ortho intramolecular Hbond substituents is 1. The molecule has 2 aromatic carbocycles. The number of hydrogen-bond acceptors (Lipinski definition) is 6. The number of phenols is 1. The van der Waals surface area contributed by atoms with E-state index in [4.69, 9.17) is 9.15 Å². The SMILES string of the molecule is COc1cc(-c2oc3cc(CO)cc(O)c3c(=O)c2O)ccc1C. The highest BCUT2D eigenvalue weighted by molar-refractivity contribution is 5.87. The van der Waals surface area contributed by atoms with E-state index in [1.165, 1.54) is 19.2 Å². The molecule has 3 N–H and O–H groups in total. The van der Waals surface area contributed by atoms with Crippen LogP contribution in [-0.2, 0) is 6.61 Å². The van der Waals surface area contributed by atoms with E-state index in [9.17, 15) is 20.1 Å². The average Bonchev–Trinajstić information content (AvgIpc) is 2.58. The third-order valence-corrected chi connectivity index (χ3v) is 3.86. The molecular weight excluding hydrogens is 312 g/mol. The molecule has 0 unspecified atom stereocenters. The van der Waals surface area contributed by atoms with Crippen molar-refractivity contribution in [1.82, 2.24) is 0 Å². The number of hydrogen-bond donors (Lipinski definition) is 3. The standard InChI is InChI=1S/C18H16O6/c1-9-3-4-11(7-13(9)23-2)18-17(22)16(21)15-12(20)5-10(8-19)6-14(15)24-18/h3-7,19-20,22H,8H2,1-2H3. The van der Waals surface area contributed by atoms with Crippen molar-refractivity contribution < 1.29 is 24.5 Å². The zero-order chi connectivity index (χ0) is 17.4. The van der Waals surface area contributed by atoms with Gasteiger partial charge in [0.2, 0.25) is 11.2 Å². The minimum atomic E-state index is -0.743. The zero-order valence-corrected chi connectivity index (χ0v) is 13.2. The smallest absolute Gasteiger partial charge is 0.238 e. The van der Waals surface area contributed by atoms with Gasteiger partial charge in [0.25, 0.3) is 0 Å². The molecule has 0 radical (unpaired) electrons. The lowest BCUT2D eigenvalue weighted by Gasteiger charge is -2.10. The Morgan fingerprint density at radius 2 is 1.92 bits per heavy atom. The molecule has 0 amide bonds. The Balaban J connectivity index is 2.33. The molecule has 0 saturated heterocycles. The van der Waals surface area contributed by atoms with Crippen molar-refractivity contribution in [2.75, 3.05) is 7.11 Å². The van der Waals surface area contributed by atoms with E-state index < -0.39 is 11.2 Å². The van der Waals surface area contributed by atoms with Crippen LogP contribution in [0.15, 0.2) is 39.5 Å². The number of fused-ring (bicyclic) bond motifs is 1. The van der Waals surface area contributed by atoms with Gasteiger partial charge in [-0.05, 0) is 36.2 Å². The van der Waals surface area contributed by atoms with Gasteiger partial charge in [-0.2, -0.15) is 0 Å². The molecule has 0 atom stereocenters. The monoisotopic (exact) mass is 328 g/mol. The summed E-state index contributed by atoms with van der Waals surface area (Å²) in [5, 5.41) is 29.3. The fraction of sp³-hybridized carbons (Fsp3) is 0.167. The fourth-order valence-electron chi connectivity index (χ4n) is 2.59. The Hall–Kier alpha value is -2.99. The molecule has 0 saturated carbocycles. The van der Waals surface area contributed by atoms with Gasteiger partial charge in [-0.15, -0.1) is 0 Å². The summed E-state index contributed by atoms with van der Waals surface area (Å²) in [6.45, 7) is 1.55. The summed E-state index contributed by atoms with van der Waals surface area (Å²) in [5.74, 6) is -0.393. The number of ether oxygens (including phenoxy) is 1. The van der Waals surface area contributed by atoms with Crippen molar-refractivity contribution in [2.45, 2.75) is 13.5 Å². The molecule has 1 aromatic heterocycles. The Kier molecular flexibility index (Phi) is 3.91. The maximum absolute atomic E-state index is 12.4. The second-order valence-corrected chi connectivity index (χ2v) is 5.44. The predicted molar refractivity (Wildman–Crippen MR) is 88.5 cm³/mol. The van der Waals surface area contributed by atoms with E-state index in [-0.39, 0.29) is 29.1 Å². The van der Waals surface area contributed by atoms with Gasteiger partial charge in [0.05, 0.1) is 13.7 Å². The minimum absolute atomic E-state index is 0.0275. The lowest BCUT2D eigenvalue weighted by atomic mass is 10.1. The first-order chi connectivity index (χ1) is 11.5. The molecule has 0 bridgehead atoms. The van der Waals surface area contributed by atoms with Gasteiger partial charge < -0.3 is 24.5 Å². The number of methoxy groups -OCH3 is 1. The van der Waals surface area contributed by atoms with E-state index in [1.807, 2.05) is 6.92 Å². The summed E-state index contributed by atoms with van der Waals surface area (Å²) >= 11 is 0. The van der Waals surface area contributed by atoms with Gasteiger partial charge in [-0.1, -0.05) is 12.1 Å². The van der Waals surface area contributed by atoms with Gasteiger partial charge in [0.15, 0.2) is 5.76 Å². The maximum Gasteiger partial charge on any atom is 0.238 e. The van der Waals surface area contributed by atoms with E-state index in [2.05, 4.69) is 0 Å². The van der Waals surface area contributed by atoms with Gasteiger partial charge in [-0.25, -0.2) is 0 Å². The molecular formula is C18H16O6. The first-order valence-electron chi connectivity index (χ1n) is 7.23. The molecule has 0 aliphatic rings. The summed E-state index contributed by atoms with van der Waals surface area (Å²) in [7, 11) is 1.52. The molecule has 3 aromatic rings. The number of aryl methyl sites for hydroxylation is 1. The molecule has 124 valence electrons. The van der Waals surface area contributed by atoms with Crippen LogP contribution >= 0.6 is 0 Å². The Morgan fingerprint density at radius 1 is 1.17 bits per heavy atom. The molecule has 24 heavy (non-hydrogen) atoms. The van der Waals surface area contributed by atoms with Crippen molar-refractivity contribution >= 4 is 11.0 Å². The Bertz CT molecular complexity index is 987. The number of aromatic hydroxyl groups is 2. The van der Waals surface area contributed by atoms with Gasteiger partial charge in [0.1, 0.15) is 22.5 Å². The summed E-state index contributed by atoms with van der Waals surface area (Å²) in [6.07, 6.45) is 0. The second-order valence-electron chi connectivity index (χ2n) is 5.44. The first kappa shape index (κ1) is 15.9. The average molecular weight is 328 g/mol. The van der Waals surface area contributed by atoms with Crippen LogP contribution in [0.4, 0.5) is 0 Å². The molecule has 0 aliphatic carbocycles. The molecule has 1 heterocycles. The first-order valence-corrected chi connectivity index (χ1v) is 7.23. The van der Waals surface area contributed by atoms with Crippen LogP contribution in [-0.4, -0.2) is 22.4 Å². The molecule has 3 rings (SSSR count). The molecule has 6 nitrogen and oxygen atoms in total. The number of aliphatic hydroxyl groups is 1. The third-order valence-electron chi connectivity index (χ3n) is 3.86. The van der Waals surface area contributed by atoms with Crippen molar-refractivity contribution in [3.63, 3.8) is 0 Å². The summed E-state index contributed by atoms with van der Waals surface area (Å²) in [5.41, 5.74) is 1.08. The van der Waals surface area contributed by atoms with E-state index in [0.29, 0.717) is 16.9 Å². The quantitative estimate of drug-likeness (QED) is 0.683. The topological polar surface area (TPSA) is 100 Å². The third kappa shape index (κ3) is 2.47. The summed E-state index contributed by atoms with van der Waals surface area (Å²) < 4.78 is 10.9. The number of aliphatic hydroxyl groups excluding tert-OH is 1. The lowest BCUT2D eigenvalue weighted by Crippen LogP contribution is -2.04. The van der Waals surface area contributed by atoms with Crippen LogP contribution in [0.2, 0.25) is 0 Å². The van der Waals surface area contributed by atoms with Crippen LogP contribution in [0, 0.1) is 6.92 Å². The highest BCUT2D eigenvalue weighted by Crippen LogP contribution is 2.35. The summed E-state index contributed by atoms with van der Waals surface area (Å²) in [4.78, 5) is 12.4. The van der Waals surface area contributed by atoms with Gasteiger partial charge in [-0.3, -0.25) is 4.79 Å². The fourth-order valence-corrected chi connectivity index (χ4v) is 2.59. The Morgan fingerprint density at radius 3 is 2.58 bits per heavy atom. The maximum atomic E-state index is 12.4. The molecule has 0 aliphatic heterocycles. The van der Waals surface area contributed by atoms with Crippen LogP contribution < -0.4 is 10.2 Å². The van der Waals surface area contributed by atoms with E-state index in [1.54, 1.807) is 18.2 Å². The van der Waals surface area contributed by atoms with Crippen LogP contribution in [0.3, 0.4) is 0 Å². The van der Waals surface area contributed by atoms with Crippen molar-refractivity contribution in [3.05, 3.63) is 51.7 Å². The van der Waals surface area contributed by atoms with Crippen molar-refractivity contribution in [3.8, 4) is 28.6 Å². The summed E-state index contributed by atoms with van der Waals surface area (Å²) in [6, 6.07) is 7.82. The van der Waals surface area contributed by atoms with Gasteiger partial charge >= 0.3 is 0 Å². The van der Waals surface area contributed by atoms with Gasteiger partial charge in [0, 0.05) is 5.56 Å². The second kappa shape index (κ2) is 5.90. The Labute approximate surface area is 137 Å². The number of benzene rings is 2. The van der Waals surface area contributed by atoms with Crippen molar-refractivity contribution in [2.24, 2.45) is 0 Å². The van der Waals surface area contributed by atoms with Crippen molar-refractivity contribution in [1.29, 1.82) is 0 Å². The van der Waals surface area contributed by atoms with E-state index in [0.717, 1.165) is 5.56 Å². The molecule has 0 spiro atoms. The van der Waals surface area contributed by atoms with Crippen LogP contribution in [0.5, 0.6) is 17.2 Å². The minimum Gasteiger partial charge on any atom is -0.507 e.